The normalized spacial score (nSPS) is 12.1. The van der Waals surface area contributed by atoms with E-state index in [1.54, 1.807) is 23.5 Å². The SMILES string of the molecule is CCc1cc(C(=O)O)cc(NC(C)Cc2ccsc2)n1. The Balaban J connectivity index is 2.11. The summed E-state index contributed by atoms with van der Waals surface area (Å²) in [5.41, 5.74) is 2.34. The van der Waals surface area contributed by atoms with Crippen LogP contribution in [0.1, 0.15) is 35.5 Å². The molecule has 0 aromatic carbocycles. The number of nitrogens with zero attached hydrogens (tertiary/aromatic N) is 1. The van der Waals surface area contributed by atoms with Crippen molar-refractivity contribution in [3.05, 3.63) is 45.8 Å². The Morgan fingerprint density at radius 1 is 1.50 bits per heavy atom. The van der Waals surface area contributed by atoms with E-state index in [9.17, 15) is 4.79 Å². The number of aromatic nitrogens is 1. The molecular weight excluding hydrogens is 272 g/mol. The topological polar surface area (TPSA) is 62.2 Å². The Morgan fingerprint density at radius 3 is 2.90 bits per heavy atom. The van der Waals surface area contributed by atoms with Gasteiger partial charge in [-0.25, -0.2) is 9.78 Å². The molecule has 1 atom stereocenters. The maximum atomic E-state index is 11.1. The molecule has 0 aliphatic carbocycles. The third-order valence-corrected chi connectivity index (χ3v) is 3.74. The van der Waals surface area contributed by atoms with Crippen LogP contribution >= 0.6 is 11.3 Å². The fraction of sp³-hybridized carbons (Fsp3) is 0.333. The molecule has 0 bridgehead atoms. The standard InChI is InChI=1S/C15H18N2O2S/c1-3-13-7-12(15(18)19)8-14(17-13)16-10(2)6-11-4-5-20-9-11/h4-5,7-10H,3,6H2,1-2H3,(H,16,17)(H,18,19). The predicted molar refractivity (Wildman–Crippen MR) is 81.7 cm³/mol. The first-order valence-corrected chi connectivity index (χ1v) is 7.54. The van der Waals surface area contributed by atoms with Gasteiger partial charge in [0.25, 0.3) is 0 Å². The van der Waals surface area contributed by atoms with Crippen molar-refractivity contribution < 1.29 is 9.90 Å². The summed E-state index contributed by atoms with van der Waals surface area (Å²) >= 11 is 1.68. The molecule has 1 unspecified atom stereocenters. The number of carboxylic acid groups (broad SMARTS) is 1. The molecule has 0 amide bonds. The second-order valence-electron chi connectivity index (χ2n) is 4.77. The van der Waals surface area contributed by atoms with E-state index in [0.29, 0.717) is 12.2 Å². The molecular formula is C15H18N2O2S. The van der Waals surface area contributed by atoms with Crippen LogP contribution in [0.2, 0.25) is 0 Å². The lowest BCUT2D eigenvalue weighted by Crippen LogP contribution is -2.19. The van der Waals surface area contributed by atoms with Crippen LogP contribution in [-0.2, 0) is 12.8 Å². The molecule has 0 saturated carbocycles. The van der Waals surface area contributed by atoms with E-state index in [-0.39, 0.29) is 11.6 Å². The Morgan fingerprint density at radius 2 is 2.30 bits per heavy atom. The Kier molecular flexibility index (Phi) is 4.74. The van der Waals surface area contributed by atoms with E-state index in [1.807, 2.05) is 6.92 Å². The number of thiophene rings is 1. The van der Waals surface area contributed by atoms with Gasteiger partial charge in [-0.2, -0.15) is 11.3 Å². The zero-order chi connectivity index (χ0) is 14.5. The molecule has 0 aliphatic heterocycles. The van der Waals surface area contributed by atoms with Crippen molar-refractivity contribution in [1.82, 2.24) is 4.98 Å². The van der Waals surface area contributed by atoms with Gasteiger partial charge in [0.15, 0.2) is 0 Å². The van der Waals surface area contributed by atoms with Gasteiger partial charge in [-0.15, -0.1) is 0 Å². The van der Waals surface area contributed by atoms with E-state index in [0.717, 1.165) is 12.1 Å². The molecule has 106 valence electrons. The monoisotopic (exact) mass is 290 g/mol. The number of nitrogens with one attached hydrogen (secondary N) is 1. The highest BCUT2D eigenvalue weighted by molar-refractivity contribution is 7.07. The molecule has 0 aliphatic rings. The lowest BCUT2D eigenvalue weighted by atomic mass is 10.1. The van der Waals surface area contributed by atoms with Crippen LogP contribution in [0, 0.1) is 0 Å². The first-order valence-electron chi connectivity index (χ1n) is 6.60. The second kappa shape index (κ2) is 6.52. The summed E-state index contributed by atoms with van der Waals surface area (Å²) in [6.45, 7) is 4.03. The van der Waals surface area contributed by atoms with Gasteiger partial charge in [-0.1, -0.05) is 6.92 Å². The van der Waals surface area contributed by atoms with E-state index < -0.39 is 5.97 Å². The van der Waals surface area contributed by atoms with Crippen LogP contribution in [0.4, 0.5) is 5.82 Å². The maximum absolute atomic E-state index is 11.1. The number of carboxylic acids is 1. The zero-order valence-electron chi connectivity index (χ0n) is 11.6. The van der Waals surface area contributed by atoms with Crippen molar-refractivity contribution in [2.24, 2.45) is 0 Å². The fourth-order valence-corrected chi connectivity index (χ4v) is 2.71. The Hall–Kier alpha value is -1.88. The minimum Gasteiger partial charge on any atom is -0.478 e. The van der Waals surface area contributed by atoms with Gasteiger partial charge >= 0.3 is 5.97 Å². The molecule has 4 nitrogen and oxygen atoms in total. The number of rotatable bonds is 6. The maximum Gasteiger partial charge on any atom is 0.335 e. The highest BCUT2D eigenvalue weighted by atomic mass is 32.1. The molecule has 20 heavy (non-hydrogen) atoms. The summed E-state index contributed by atoms with van der Waals surface area (Å²) in [6.07, 6.45) is 1.61. The van der Waals surface area contributed by atoms with Gasteiger partial charge in [0, 0.05) is 11.7 Å². The number of hydrogen-bond donors (Lipinski definition) is 2. The van der Waals surface area contributed by atoms with Crippen molar-refractivity contribution in [2.45, 2.75) is 32.7 Å². The molecule has 0 radical (unpaired) electrons. The molecule has 2 rings (SSSR count). The van der Waals surface area contributed by atoms with Crippen molar-refractivity contribution in [1.29, 1.82) is 0 Å². The average molecular weight is 290 g/mol. The summed E-state index contributed by atoms with van der Waals surface area (Å²) < 4.78 is 0. The quantitative estimate of drug-likeness (QED) is 0.855. The van der Waals surface area contributed by atoms with Gasteiger partial charge in [0.2, 0.25) is 0 Å². The van der Waals surface area contributed by atoms with Gasteiger partial charge in [0.05, 0.1) is 5.56 Å². The van der Waals surface area contributed by atoms with E-state index in [4.69, 9.17) is 5.11 Å². The molecule has 0 saturated heterocycles. The summed E-state index contributed by atoms with van der Waals surface area (Å²) in [5, 5.41) is 16.6. The highest BCUT2D eigenvalue weighted by Gasteiger charge is 2.10. The largest absolute Gasteiger partial charge is 0.478 e. The van der Waals surface area contributed by atoms with Crippen LogP contribution < -0.4 is 5.32 Å². The highest BCUT2D eigenvalue weighted by Crippen LogP contribution is 2.15. The van der Waals surface area contributed by atoms with Crippen LogP contribution in [-0.4, -0.2) is 22.1 Å². The van der Waals surface area contributed by atoms with E-state index >= 15 is 0 Å². The number of anilines is 1. The number of aromatic carboxylic acids is 1. The molecule has 5 heteroatoms. The first-order chi connectivity index (χ1) is 9.58. The van der Waals surface area contributed by atoms with Gasteiger partial charge in [-0.05, 0) is 54.3 Å². The van der Waals surface area contributed by atoms with Crippen molar-refractivity contribution in [3.63, 3.8) is 0 Å². The number of pyridine rings is 1. The predicted octanol–water partition coefficient (Wildman–Crippen LogP) is 3.45. The average Bonchev–Trinajstić information content (AvgIpc) is 2.90. The smallest absolute Gasteiger partial charge is 0.335 e. The van der Waals surface area contributed by atoms with Crippen LogP contribution in [0.3, 0.4) is 0 Å². The first kappa shape index (κ1) is 14.5. The molecule has 2 N–H and O–H groups in total. The number of carbonyl (C=O) groups is 1. The lowest BCUT2D eigenvalue weighted by molar-refractivity contribution is 0.0696. The van der Waals surface area contributed by atoms with Crippen molar-refractivity contribution in [3.8, 4) is 0 Å². The summed E-state index contributed by atoms with van der Waals surface area (Å²) in [5.74, 6) is -0.292. The van der Waals surface area contributed by atoms with Crippen LogP contribution in [0.15, 0.2) is 29.0 Å². The molecule has 2 heterocycles. The van der Waals surface area contributed by atoms with Gasteiger partial charge in [-0.3, -0.25) is 0 Å². The van der Waals surface area contributed by atoms with E-state index in [2.05, 4.69) is 34.1 Å². The van der Waals surface area contributed by atoms with Crippen molar-refractivity contribution >= 4 is 23.1 Å². The molecule has 0 fully saturated rings. The fourth-order valence-electron chi connectivity index (χ4n) is 2.03. The summed E-state index contributed by atoms with van der Waals surface area (Å²) in [4.78, 5) is 15.5. The second-order valence-corrected chi connectivity index (χ2v) is 5.55. The molecule has 2 aromatic rings. The Labute approximate surface area is 122 Å². The molecule has 2 aromatic heterocycles. The summed E-state index contributed by atoms with van der Waals surface area (Å²) in [7, 11) is 0. The van der Waals surface area contributed by atoms with Crippen molar-refractivity contribution in [2.75, 3.05) is 5.32 Å². The third kappa shape index (κ3) is 3.81. The number of aryl methyl sites for hydroxylation is 1. The van der Waals surface area contributed by atoms with Gasteiger partial charge in [0.1, 0.15) is 5.82 Å². The lowest BCUT2D eigenvalue weighted by Gasteiger charge is -2.15. The molecule has 0 spiro atoms. The van der Waals surface area contributed by atoms with Crippen LogP contribution in [0.25, 0.3) is 0 Å². The van der Waals surface area contributed by atoms with E-state index in [1.165, 1.54) is 5.56 Å². The Bertz CT molecular complexity index is 582. The third-order valence-electron chi connectivity index (χ3n) is 3.00. The number of hydrogen-bond acceptors (Lipinski definition) is 4. The summed E-state index contributed by atoms with van der Waals surface area (Å²) in [6, 6.07) is 5.51. The zero-order valence-corrected chi connectivity index (χ0v) is 12.4. The minimum atomic E-state index is -0.921. The van der Waals surface area contributed by atoms with Crippen LogP contribution in [0.5, 0.6) is 0 Å². The van der Waals surface area contributed by atoms with Gasteiger partial charge < -0.3 is 10.4 Å². The minimum absolute atomic E-state index is 0.200.